The number of hydrogen-bond acceptors (Lipinski definition) is 8. The number of aromatic nitrogens is 1. The van der Waals surface area contributed by atoms with Crippen LogP contribution in [-0.2, 0) is 30.6 Å². The highest BCUT2D eigenvalue weighted by molar-refractivity contribution is 7.92. The third-order valence-corrected chi connectivity index (χ3v) is 8.09. The Bertz CT molecular complexity index is 1470. The molecule has 0 saturated heterocycles. The molecule has 1 atom stereocenters. The fraction of sp³-hybridized carbons (Fsp3) is 0.321. The number of para-hydroxylation sites is 1. The van der Waals surface area contributed by atoms with Crippen LogP contribution in [0.4, 0.5) is 0 Å². The maximum Gasteiger partial charge on any atom is 0.322 e. The van der Waals surface area contributed by atoms with Crippen molar-refractivity contribution in [3.8, 4) is 17.6 Å². The topological polar surface area (TPSA) is 201 Å². The molecule has 7 N–H and O–H groups in total. The van der Waals surface area contributed by atoms with E-state index in [1.54, 1.807) is 13.1 Å². The van der Waals surface area contributed by atoms with Crippen molar-refractivity contribution in [1.82, 2.24) is 15.6 Å². The number of aliphatic carboxylic acids is 1. The lowest BCUT2D eigenvalue weighted by atomic mass is 10.1. The molecule has 0 bridgehead atoms. The number of nitrogens with two attached hydrogens (primary N) is 1. The zero-order valence-corrected chi connectivity index (χ0v) is 23.4. The first kappa shape index (κ1) is 32.8. The highest BCUT2D eigenvalue weighted by Crippen LogP contribution is 2.23. The molecule has 0 aliphatic heterocycles. The number of ether oxygens (including phenoxy) is 1. The van der Waals surface area contributed by atoms with Gasteiger partial charge < -0.3 is 30.7 Å². The summed E-state index contributed by atoms with van der Waals surface area (Å²) in [4.78, 5) is 39.0. The van der Waals surface area contributed by atoms with Gasteiger partial charge >= 0.3 is 5.97 Å². The number of rotatable bonds is 14. The van der Waals surface area contributed by atoms with Crippen LogP contribution < -0.4 is 21.3 Å². The molecule has 0 aliphatic rings. The summed E-state index contributed by atoms with van der Waals surface area (Å²) in [5, 5.41) is 20.6. The molecule has 1 unspecified atom stereocenters. The lowest BCUT2D eigenvalue weighted by Gasteiger charge is -2.14. The van der Waals surface area contributed by atoms with Crippen LogP contribution in [0.1, 0.15) is 31.7 Å². The van der Waals surface area contributed by atoms with Crippen molar-refractivity contribution < 1.29 is 37.9 Å². The van der Waals surface area contributed by atoms with E-state index in [0.717, 1.165) is 16.5 Å². The molecule has 0 aliphatic carbocycles. The second-order valence-electron chi connectivity index (χ2n) is 8.72. The van der Waals surface area contributed by atoms with Crippen LogP contribution >= 0.6 is 0 Å². The fourth-order valence-corrected chi connectivity index (χ4v) is 5.52. The minimum atomic E-state index is -4.12. The van der Waals surface area contributed by atoms with Crippen molar-refractivity contribution in [1.29, 1.82) is 0 Å². The molecule has 2 amide bonds. The molecule has 3 aromatic rings. The predicted octanol–water partition coefficient (Wildman–Crippen LogP) is 1.78. The summed E-state index contributed by atoms with van der Waals surface area (Å²) in [5.41, 5.74) is 1.76. The van der Waals surface area contributed by atoms with E-state index >= 15 is 0 Å². The number of carboxylic acids is 1. The summed E-state index contributed by atoms with van der Waals surface area (Å²) in [6, 6.07) is 13.1. The molecule has 13 heteroatoms. The smallest absolute Gasteiger partial charge is 0.322 e. The van der Waals surface area contributed by atoms with Gasteiger partial charge in [-0.25, -0.2) is 14.3 Å². The highest BCUT2D eigenvalue weighted by atomic mass is 32.2. The number of nitrogens with one attached hydrogen (secondary N) is 3. The van der Waals surface area contributed by atoms with Gasteiger partial charge in [-0.1, -0.05) is 24.1 Å². The Morgan fingerprint density at radius 3 is 2.41 bits per heavy atom. The largest absolute Gasteiger partial charge is 0.481 e. The number of fused-ring (bicyclic) bond motifs is 1. The molecule has 1 heterocycles. The number of H-pyrrole nitrogens is 1. The first-order chi connectivity index (χ1) is 19.7. The normalized spacial score (nSPS) is 11.3. The summed E-state index contributed by atoms with van der Waals surface area (Å²) < 4.78 is 31.2. The van der Waals surface area contributed by atoms with E-state index in [1.165, 1.54) is 24.3 Å². The number of carboxylic acid groups (broad SMARTS) is 1. The van der Waals surface area contributed by atoms with Crippen LogP contribution in [0.5, 0.6) is 5.75 Å². The number of carbonyl (C=O) groups is 3. The monoisotopic (exact) mass is 586 g/mol. The van der Waals surface area contributed by atoms with E-state index in [4.69, 9.17) is 9.94 Å². The Labute approximate surface area is 238 Å². The molecule has 2 aromatic carbocycles. The molecule has 1 aromatic heterocycles. The minimum Gasteiger partial charge on any atom is -0.481 e. The van der Waals surface area contributed by atoms with Crippen molar-refractivity contribution >= 4 is 38.5 Å². The number of benzene rings is 2. The van der Waals surface area contributed by atoms with E-state index in [-0.39, 0.29) is 49.8 Å². The molecule has 3 rings (SSSR count). The molecule has 41 heavy (non-hydrogen) atoms. The number of carbonyl (C=O) groups excluding carboxylic acids is 2. The van der Waals surface area contributed by atoms with Crippen LogP contribution in [0.2, 0.25) is 0 Å². The van der Waals surface area contributed by atoms with Gasteiger partial charge in [0.2, 0.25) is 11.8 Å². The number of sulfone groups is 1. The summed E-state index contributed by atoms with van der Waals surface area (Å²) in [6.07, 6.45) is 2.42. The first-order valence-corrected chi connectivity index (χ1v) is 14.2. The van der Waals surface area contributed by atoms with E-state index in [9.17, 15) is 27.9 Å². The third-order valence-electron chi connectivity index (χ3n) is 5.98. The van der Waals surface area contributed by atoms with Crippen molar-refractivity contribution in [3.05, 3.63) is 60.3 Å². The molecule has 0 radical (unpaired) electrons. The maximum atomic E-state index is 12.9. The molecule has 0 saturated carbocycles. The lowest BCUT2D eigenvalue weighted by molar-refractivity contribution is -0.136. The van der Waals surface area contributed by atoms with Gasteiger partial charge in [-0.05, 0) is 62.1 Å². The van der Waals surface area contributed by atoms with Crippen LogP contribution in [-0.4, -0.2) is 66.4 Å². The summed E-state index contributed by atoms with van der Waals surface area (Å²) in [6.45, 7) is 1.86. The Hall–Kier alpha value is -4.38. The van der Waals surface area contributed by atoms with Gasteiger partial charge in [-0.2, -0.15) is 0 Å². The van der Waals surface area contributed by atoms with Gasteiger partial charge in [-0.15, -0.1) is 5.92 Å². The molecule has 220 valence electrons. The van der Waals surface area contributed by atoms with E-state index in [1.807, 2.05) is 24.3 Å². The average molecular weight is 587 g/mol. The molecule has 0 fully saturated rings. The Kier molecular flexibility index (Phi) is 13.3. The standard InChI is InChI=1S/C28H31N3O7S.H3NO/c1-2-3-16-38-21-11-13-22(14-12-21)39(36,37)25(28(34)35)10-6-7-15-29-27(33)19-31-26(32)17-20-18-30-24-9-5-4-8-23(20)24;1-2/h4-5,8-9,11-14,18,25,30H,6-7,10,15-17,19H2,1H3,(H,29,33)(H,31,32)(H,34,35);2H,1H2. The van der Waals surface area contributed by atoms with Crippen LogP contribution in [0.15, 0.2) is 59.6 Å². The molecule has 12 nitrogen and oxygen atoms in total. The molecular weight excluding hydrogens is 552 g/mol. The van der Waals surface area contributed by atoms with Gasteiger partial charge in [0.05, 0.1) is 17.9 Å². The zero-order chi connectivity index (χ0) is 30.3. The second-order valence-corrected chi connectivity index (χ2v) is 10.8. The second kappa shape index (κ2) is 16.7. The minimum absolute atomic E-state index is 0.111. The summed E-state index contributed by atoms with van der Waals surface area (Å²) >= 11 is 0. The number of amides is 2. The van der Waals surface area contributed by atoms with Crippen molar-refractivity contribution in [2.75, 3.05) is 19.7 Å². The van der Waals surface area contributed by atoms with Crippen molar-refractivity contribution in [2.24, 2.45) is 5.90 Å². The van der Waals surface area contributed by atoms with Gasteiger partial charge in [0, 0.05) is 23.6 Å². The summed E-state index contributed by atoms with van der Waals surface area (Å²) in [7, 11) is -4.12. The van der Waals surface area contributed by atoms with Crippen LogP contribution in [0, 0.1) is 11.8 Å². The lowest BCUT2D eigenvalue weighted by Crippen LogP contribution is -2.38. The average Bonchev–Trinajstić information content (AvgIpc) is 3.37. The maximum absolute atomic E-state index is 12.9. The van der Waals surface area contributed by atoms with Gasteiger partial charge in [0.15, 0.2) is 15.1 Å². The van der Waals surface area contributed by atoms with Crippen molar-refractivity contribution in [2.45, 2.75) is 42.8 Å². The first-order valence-electron chi connectivity index (χ1n) is 12.7. The van der Waals surface area contributed by atoms with Crippen LogP contribution in [0.3, 0.4) is 0 Å². The Morgan fingerprint density at radius 1 is 1.02 bits per heavy atom. The predicted molar refractivity (Wildman–Crippen MR) is 152 cm³/mol. The third kappa shape index (κ3) is 9.95. The molecular formula is C28H34N4O8S. The van der Waals surface area contributed by atoms with Gasteiger partial charge in [0.1, 0.15) is 12.4 Å². The van der Waals surface area contributed by atoms with E-state index < -0.39 is 27.0 Å². The van der Waals surface area contributed by atoms with Crippen molar-refractivity contribution in [3.63, 3.8) is 0 Å². The van der Waals surface area contributed by atoms with Crippen LogP contribution in [0.25, 0.3) is 10.9 Å². The Balaban J connectivity index is 0.00000287. The van der Waals surface area contributed by atoms with E-state index in [0.29, 0.717) is 12.2 Å². The zero-order valence-electron chi connectivity index (χ0n) is 22.6. The number of unbranched alkanes of at least 4 members (excludes halogenated alkanes) is 1. The highest BCUT2D eigenvalue weighted by Gasteiger charge is 2.33. The van der Waals surface area contributed by atoms with Gasteiger partial charge in [0.25, 0.3) is 0 Å². The fourth-order valence-electron chi connectivity index (χ4n) is 3.93. The SMILES string of the molecule is CC#CCOc1ccc(S(=O)(=O)C(CCCCNC(=O)CNC(=O)Cc2c[nH]c3ccccc23)C(=O)O)cc1.NO. The molecule has 0 spiro atoms. The summed E-state index contributed by atoms with van der Waals surface area (Å²) in [5.74, 6) is 7.21. The number of aromatic amines is 1. The Morgan fingerprint density at radius 2 is 1.73 bits per heavy atom. The van der Waals surface area contributed by atoms with E-state index in [2.05, 4.69) is 33.4 Å². The van der Waals surface area contributed by atoms with Gasteiger partial charge in [-0.3, -0.25) is 14.4 Å². The quantitative estimate of drug-likeness (QED) is 0.0925. The number of hydrogen-bond donors (Lipinski definition) is 6.